The summed E-state index contributed by atoms with van der Waals surface area (Å²) in [6.07, 6.45) is 0. The first-order valence-electron chi connectivity index (χ1n) is 1.05. The van der Waals surface area contributed by atoms with Crippen LogP contribution in [0, 0.1) is 0 Å². The molecule has 0 saturated carbocycles. The maximum atomic E-state index is 9.58. The molecule has 0 spiro atoms. The maximum Gasteiger partial charge on any atom is 0.344 e. The molecule has 3 nitrogen and oxygen atoms in total. The third kappa shape index (κ3) is 2.11. The summed E-state index contributed by atoms with van der Waals surface area (Å²) in [5.41, 5.74) is 4.46. The Labute approximate surface area is 44.8 Å². The summed E-state index contributed by atoms with van der Waals surface area (Å²) in [5, 5.41) is 0. The summed E-state index contributed by atoms with van der Waals surface area (Å²) in [5.74, 6) is 0. The molecule has 0 bridgehead atoms. The van der Waals surface area contributed by atoms with E-state index in [1.807, 2.05) is 0 Å². The van der Waals surface area contributed by atoms with Gasteiger partial charge in [0.25, 0.3) is 0 Å². The highest BCUT2D eigenvalue weighted by molar-refractivity contribution is 6.41. The molecular weight excluding hydrogens is 127 g/mol. The van der Waals surface area contributed by atoms with Gasteiger partial charge in [-0.2, -0.15) is 0 Å². The van der Waals surface area contributed by atoms with Gasteiger partial charge in [-0.15, -0.1) is 3.94 Å². The molecule has 6 heavy (non-hydrogen) atoms. The van der Waals surface area contributed by atoms with Crippen LogP contribution in [0.4, 0.5) is 4.79 Å². The van der Waals surface area contributed by atoms with Crippen molar-refractivity contribution in [2.75, 3.05) is 0 Å². The fourth-order valence-corrected chi connectivity index (χ4v) is 0. The third-order valence-electron chi connectivity index (χ3n) is 0.167. The second-order valence-corrected chi connectivity index (χ2v) is 1.42. The zero-order chi connectivity index (χ0) is 5.15. The minimum absolute atomic E-state index is 0.250. The normalized spacial score (nSPS) is 7.67. The number of hydrogen-bond acceptors (Lipinski definition) is 1. The molecule has 0 aromatic rings. The van der Waals surface area contributed by atoms with Gasteiger partial charge in [-0.1, -0.05) is 0 Å². The van der Waals surface area contributed by atoms with Crippen LogP contribution in [0.2, 0.25) is 0 Å². The molecule has 0 fully saturated rings. The standard InChI is InChI=1S/CH2Cl2N2O/c2-5(3)1(4)6/h(H2,4,6). The number of rotatable bonds is 0. The van der Waals surface area contributed by atoms with Crippen molar-refractivity contribution in [1.82, 2.24) is 3.94 Å². The fourth-order valence-electron chi connectivity index (χ4n) is 0. The highest BCUT2D eigenvalue weighted by Gasteiger charge is 1.96. The summed E-state index contributed by atoms with van der Waals surface area (Å²) < 4.78 is 0.250. The molecule has 2 amide bonds. The zero-order valence-electron chi connectivity index (χ0n) is 2.69. The van der Waals surface area contributed by atoms with Crippen LogP contribution in [0.15, 0.2) is 0 Å². The largest absolute Gasteiger partial charge is 0.349 e. The molecule has 0 aromatic heterocycles. The summed E-state index contributed by atoms with van der Waals surface area (Å²) in [7, 11) is 0. The lowest BCUT2D eigenvalue weighted by Crippen LogP contribution is -2.18. The van der Waals surface area contributed by atoms with Gasteiger partial charge in [-0.25, -0.2) is 4.79 Å². The van der Waals surface area contributed by atoms with Gasteiger partial charge >= 0.3 is 6.03 Å². The lowest BCUT2D eigenvalue weighted by molar-refractivity contribution is 0.245. The fraction of sp³-hybridized carbons (Fsp3) is 0. The molecule has 0 saturated heterocycles. The van der Waals surface area contributed by atoms with Crippen molar-refractivity contribution < 1.29 is 4.79 Å². The van der Waals surface area contributed by atoms with Crippen LogP contribution in [-0.2, 0) is 0 Å². The van der Waals surface area contributed by atoms with Crippen molar-refractivity contribution in [1.29, 1.82) is 0 Å². The number of urea groups is 1. The van der Waals surface area contributed by atoms with Gasteiger partial charge in [0.2, 0.25) is 0 Å². The molecule has 0 unspecified atom stereocenters. The maximum absolute atomic E-state index is 9.58. The van der Waals surface area contributed by atoms with E-state index < -0.39 is 6.03 Å². The Balaban J connectivity index is 3.26. The van der Waals surface area contributed by atoms with Crippen molar-refractivity contribution in [3.05, 3.63) is 0 Å². The summed E-state index contributed by atoms with van der Waals surface area (Å²) in [4.78, 5) is 9.58. The first-order valence-corrected chi connectivity index (χ1v) is 1.73. The average Bonchev–Trinajstić information content (AvgIpc) is 1.36. The Morgan fingerprint density at radius 2 is 1.83 bits per heavy atom. The molecule has 0 aliphatic heterocycles. The van der Waals surface area contributed by atoms with E-state index >= 15 is 0 Å². The number of carbonyl (C=O) groups is 1. The first-order chi connectivity index (χ1) is 2.64. The van der Waals surface area contributed by atoms with Crippen LogP contribution < -0.4 is 5.73 Å². The number of nitrogens with zero attached hydrogens (tertiary/aromatic N) is 1. The molecule has 36 valence electrons. The predicted octanol–water partition coefficient (Wildman–Crippen LogP) is 0.675. The highest BCUT2D eigenvalue weighted by atomic mass is 35.5. The van der Waals surface area contributed by atoms with Gasteiger partial charge in [0.15, 0.2) is 0 Å². The molecule has 0 rings (SSSR count). The van der Waals surface area contributed by atoms with Gasteiger partial charge in [-0.3, -0.25) is 0 Å². The number of hydrogen-bond donors (Lipinski definition) is 1. The van der Waals surface area contributed by atoms with Crippen LogP contribution in [0.5, 0.6) is 0 Å². The highest BCUT2D eigenvalue weighted by Crippen LogP contribution is 1.94. The molecule has 5 heteroatoms. The Hall–Kier alpha value is -0.150. The van der Waals surface area contributed by atoms with E-state index in [0.717, 1.165) is 0 Å². The monoisotopic (exact) mass is 128 g/mol. The van der Waals surface area contributed by atoms with E-state index in [9.17, 15) is 4.79 Å². The molecule has 0 atom stereocenters. The van der Waals surface area contributed by atoms with Crippen molar-refractivity contribution in [2.24, 2.45) is 5.73 Å². The van der Waals surface area contributed by atoms with Crippen molar-refractivity contribution in [3.8, 4) is 0 Å². The van der Waals surface area contributed by atoms with Crippen molar-refractivity contribution in [2.45, 2.75) is 0 Å². The van der Waals surface area contributed by atoms with E-state index in [4.69, 9.17) is 23.6 Å². The van der Waals surface area contributed by atoms with Crippen LogP contribution >= 0.6 is 23.6 Å². The molecule has 2 N–H and O–H groups in total. The van der Waals surface area contributed by atoms with E-state index in [0.29, 0.717) is 0 Å². The zero-order valence-corrected chi connectivity index (χ0v) is 4.20. The Kier molecular flexibility index (Phi) is 2.05. The van der Waals surface area contributed by atoms with E-state index in [2.05, 4.69) is 5.73 Å². The predicted molar refractivity (Wildman–Crippen MR) is 23.1 cm³/mol. The quantitative estimate of drug-likeness (QED) is 0.480. The van der Waals surface area contributed by atoms with Gasteiger partial charge in [0.1, 0.15) is 0 Å². The first kappa shape index (κ1) is 5.85. The van der Waals surface area contributed by atoms with Gasteiger partial charge in [-0.05, 0) is 0 Å². The minimum Gasteiger partial charge on any atom is -0.349 e. The number of halogens is 2. The summed E-state index contributed by atoms with van der Waals surface area (Å²) in [6, 6.07) is -0.877. The molecule has 0 aromatic carbocycles. The van der Waals surface area contributed by atoms with Gasteiger partial charge in [0, 0.05) is 23.6 Å². The second kappa shape index (κ2) is 2.10. The Morgan fingerprint density at radius 3 is 1.83 bits per heavy atom. The van der Waals surface area contributed by atoms with Crippen molar-refractivity contribution >= 4 is 29.6 Å². The van der Waals surface area contributed by atoms with Crippen LogP contribution in [0.1, 0.15) is 0 Å². The van der Waals surface area contributed by atoms with Crippen molar-refractivity contribution in [3.63, 3.8) is 0 Å². The van der Waals surface area contributed by atoms with Crippen LogP contribution in [0.25, 0.3) is 0 Å². The molecule has 0 aliphatic carbocycles. The molecular formula is CH2Cl2N2O. The van der Waals surface area contributed by atoms with E-state index in [-0.39, 0.29) is 3.94 Å². The average molecular weight is 129 g/mol. The smallest absolute Gasteiger partial charge is 0.344 e. The summed E-state index contributed by atoms with van der Waals surface area (Å²) >= 11 is 9.47. The number of nitrogens with two attached hydrogens (primary N) is 1. The molecule has 0 heterocycles. The van der Waals surface area contributed by atoms with Gasteiger partial charge in [0.05, 0.1) is 0 Å². The number of amides is 2. The SMILES string of the molecule is NC(=O)N(Cl)Cl. The molecule has 0 aliphatic rings. The van der Waals surface area contributed by atoms with Crippen LogP contribution in [-0.4, -0.2) is 9.97 Å². The Bertz CT molecular complexity index is 62.6. The lowest BCUT2D eigenvalue weighted by Gasteiger charge is -1.92. The summed E-state index contributed by atoms with van der Waals surface area (Å²) in [6.45, 7) is 0. The Morgan fingerprint density at radius 1 is 1.67 bits per heavy atom. The van der Waals surface area contributed by atoms with E-state index in [1.165, 1.54) is 0 Å². The third-order valence-corrected chi connectivity index (χ3v) is 0.500. The molecule has 0 radical (unpaired) electrons. The number of carbonyl (C=O) groups excluding carboxylic acids is 1. The van der Waals surface area contributed by atoms with Crippen LogP contribution in [0.3, 0.4) is 0 Å². The minimum atomic E-state index is -0.877. The number of primary amides is 1. The lowest BCUT2D eigenvalue weighted by atomic mass is 11.2. The topological polar surface area (TPSA) is 46.3 Å². The van der Waals surface area contributed by atoms with E-state index in [1.54, 1.807) is 0 Å². The van der Waals surface area contributed by atoms with Gasteiger partial charge < -0.3 is 5.73 Å². The second-order valence-electron chi connectivity index (χ2n) is 0.571.